The molecule has 0 spiro atoms. The predicted molar refractivity (Wildman–Crippen MR) is 92.3 cm³/mol. The van der Waals surface area contributed by atoms with Crippen molar-refractivity contribution < 1.29 is 9.59 Å². The van der Waals surface area contributed by atoms with Crippen molar-refractivity contribution >= 4 is 11.8 Å². The molecule has 25 heavy (non-hydrogen) atoms. The van der Waals surface area contributed by atoms with E-state index in [4.69, 9.17) is 0 Å². The van der Waals surface area contributed by atoms with Crippen LogP contribution in [0.5, 0.6) is 0 Å². The zero-order valence-electron chi connectivity index (χ0n) is 14.6. The third-order valence-corrected chi connectivity index (χ3v) is 4.51. The summed E-state index contributed by atoms with van der Waals surface area (Å²) in [7, 11) is 3.67. The van der Waals surface area contributed by atoms with Gasteiger partial charge in [-0.15, -0.1) is 0 Å². The molecule has 0 saturated carbocycles. The zero-order chi connectivity index (χ0) is 17.8. The Hall–Kier alpha value is -2.70. The number of pyridine rings is 1. The summed E-state index contributed by atoms with van der Waals surface area (Å²) in [5, 5.41) is 4.13. The minimum atomic E-state index is -0.268. The number of likely N-dealkylation sites (tertiary alicyclic amines) is 1. The van der Waals surface area contributed by atoms with Crippen molar-refractivity contribution in [1.29, 1.82) is 0 Å². The molecule has 1 atom stereocenters. The Morgan fingerprint density at radius 2 is 2.24 bits per heavy atom. The third kappa shape index (κ3) is 4.23. The van der Waals surface area contributed by atoms with Gasteiger partial charge in [-0.25, -0.2) is 0 Å². The highest BCUT2D eigenvalue weighted by molar-refractivity contribution is 5.89. The largest absolute Gasteiger partial charge is 0.345 e. The Kier molecular flexibility index (Phi) is 5.11. The summed E-state index contributed by atoms with van der Waals surface area (Å²) in [6.45, 7) is 1.55. The molecule has 0 aromatic carbocycles. The average Bonchev–Trinajstić information content (AvgIpc) is 3.19. The van der Waals surface area contributed by atoms with E-state index in [1.807, 2.05) is 37.6 Å². The van der Waals surface area contributed by atoms with E-state index in [1.54, 1.807) is 27.7 Å². The van der Waals surface area contributed by atoms with Crippen LogP contribution >= 0.6 is 0 Å². The van der Waals surface area contributed by atoms with Gasteiger partial charge in [0.25, 0.3) is 0 Å². The van der Waals surface area contributed by atoms with E-state index in [0.717, 1.165) is 17.7 Å². The van der Waals surface area contributed by atoms with Gasteiger partial charge in [-0.2, -0.15) is 5.10 Å². The van der Waals surface area contributed by atoms with Gasteiger partial charge in [0, 0.05) is 46.0 Å². The van der Waals surface area contributed by atoms with Crippen LogP contribution in [0.3, 0.4) is 0 Å². The number of hydrogen-bond donors (Lipinski definition) is 0. The van der Waals surface area contributed by atoms with E-state index in [2.05, 4.69) is 10.1 Å². The van der Waals surface area contributed by atoms with Crippen LogP contribution in [0.2, 0.25) is 0 Å². The second-order valence-electron chi connectivity index (χ2n) is 6.53. The second-order valence-corrected chi connectivity index (χ2v) is 6.53. The summed E-state index contributed by atoms with van der Waals surface area (Å²) in [6, 6.07) is 5.64. The van der Waals surface area contributed by atoms with E-state index in [0.29, 0.717) is 19.6 Å². The summed E-state index contributed by atoms with van der Waals surface area (Å²) < 4.78 is 1.75. The number of carbonyl (C=O) groups is 2. The van der Waals surface area contributed by atoms with Crippen molar-refractivity contribution in [3.63, 3.8) is 0 Å². The number of hydrogen-bond acceptors (Lipinski definition) is 4. The summed E-state index contributed by atoms with van der Waals surface area (Å²) in [5.41, 5.74) is 1.94. The SMILES string of the molecule is CN(CCc1cnn(C)c1)C(=O)C1CC(=O)N(Cc2ccccn2)C1. The summed E-state index contributed by atoms with van der Waals surface area (Å²) in [5.74, 6) is -0.222. The van der Waals surface area contributed by atoms with Crippen LogP contribution in [0.4, 0.5) is 0 Å². The van der Waals surface area contributed by atoms with Crippen molar-refractivity contribution in [1.82, 2.24) is 24.6 Å². The zero-order valence-corrected chi connectivity index (χ0v) is 14.6. The number of rotatable bonds is 6. The van der Waals surface area contributed by atoms with Crippen molar-refractivity contribution in [3.8, 4) is 0 Å². The van der Waals surface area contributed by atoms with Gasteiger partial charge in [0.05, 0.1) is 24.4 Å². The Labute approximate surface area is 147 Å². The molecule has 0 bridgehead atoms. The molecule has 1 fully saturated rings. The van der Waals surface area contributed by atoms with Crippen LogP contribution in [-0.4, -0.2) is 56.5 Å². The Morgan fingerprint density at radius 3 is 2.92 bits per heavy atom. The molecule has 2 aromatic heterocycles. The van der Waals surface area contributed by atoms with Gasteiger partial charge < -0.3 is 9.80 Å². The van der Waals surface area contributed by atoms with Crippen molar-refractivity contribution in [2.24, 2.45) is 13.0 Å². The first kappa shape index (κ1) is 17.1. The number of nitrogens with zero attached hydrogens (tertiary/aromatic N) is 5. The molecule has 1 aliphatic rings. The Balaban J connectivity index is 1.52. The first-order valence-corrected chi connectivity index (χ1v) is 8.43. The minimum absolute atomic E-state index is 0.0182. The lowest BCUT2D eigenvalue weighted by Gasteiger charge is -2.21. The summed E-state index contributed by atoms with van der Waals surface area (Å²) in [4.78, 5) is 32.5. The second kappa shape index (κ2) is 7.46. The quantitative estimate of drug-likeness (QED) is 0.781. The molecular formula is C18H23N5O2. The maximum absolute atomic E-state index is 12.6. The van der Waals surface area contributed by atoms with Crippen LogP contribution in [-0.2, 0) is 29.6 Å². The minimum Gasteiger partial charge on any atom is -0.345 e. The fourth-order valence-corrected chi connectivity index (χ4v) is 3.10. The molecule has 2 aromatic rings. The molecule has 3 heterocycles. The predicted octanol–water partition coefficient (Wildman–Crippen LogP) is 0.865. The number of aryl methyl sites for hydroxylation is 1. The van der Waals surface area contributed by atoms with Gasteiger partial charge in [0.2, 0.25) is 11.8 Å². The van der Waals surface area contributed by atoms with Gasteiger partial charge in [0.1, 0.15) is 0 Å². The fourth-order valence-electron chi connectivity index (χ4n) is 3.10. The molecule has 0 aliphatic carbocycles. The first-order chi connectivity index (χ1) is 12.0. The van der Waals surface area contributed by atoms with Gasteiger partial charge in [-0.3, -0.25) is 19.3 Å². The molecule has 0 N–H and O–H groups in total. The fraction of sp³-hybridized carbons (Fsp3) is 0.444. The van der Waals surface area contributed by atoms with E-state index in [1.165, 1.54) is 0 Å². The Morgan fingerprint density at radius 1 is 1.40 bits per heavy atom. The first-order valence-electron chi connectivity index (χ1n) is 8.43. The van der Waals surface area contributed by atoms with Crippen LogP contribution in [0.15, 0.2) is 36.8 Å². The van der Waals surface area contributed by atoms with Crippen molar-refractivity contribution in [2.45, 2.75) is 19.4 Å². The number of likely N-dealkylation sites (N-methyl/N-ethyl adjacent to an activating group) is 1. The number of carbonyl (C=O) groups excluding carboxylic acids is 2. The number of amides is 2. The van der Waals surface area contributed by atoms with Gasteiger partial charge in [-0.1, -0.05) is 6.07 Å². The standard InChI is InChI=1S/C18H23N5O2/c1-21(8-6-14-10-20-22(2)11-14)18(25)15-9-17(24)23(12-15)13-16-5-3-4-7-19-16/h3-5,7,10-11,15H,6,8-9,12-13H2,1-2H3. The van der Waals surface area contributed by atoms with Crippen LogP contribution < -0.4 is 0 Å². The van der Waals surface area contributed by atoms with E-state index < -0.39 is 0 Å². The maximum atomic E-state index is 12.6. The van der Waals surface area contributed by atoms with Crippen LogP contribution in [0, 0.1) is 5.92 Å². The van der Waals surface area contributed by atoms with E-state index >= 15 is 0 Å². The highest BCUT2D eigenvalue weighted by Crippen LogP contribution is 2.21. The molecule has 132 valence electrons. The van der Waals surface area contributed by atoms with Crippen LogP contribution in [0.1, 0.15) is 17.7 Å². The van der Waals surface area contributed by atoms with Gasteiger partial charge in [-0.05, 0) is 24.1 Å². The smallest absolute Gasteiger partial charge is 0.227 e. The lowest BCUT2D eigenvalue weighted by molar-refractivity contribution is -0.134. The average molecular weight is 341 g/mol. The molecule has 7 nitrogen and oxygen atoms in total. The van der Waals surface area contributed by atoms with Crippen molar-refractivity contribution in [3.05, 3.63) is 48.0 Å². The summed E-state index contributed by atoms with van der Waals surface area (Å²) >= 11 is 0. The maximum Gasteiger partial charge on any atom is 0.227 e. The molecule has 2 amide bonds. The topological polar surface area (TPSA) is 71.3 Å². The molecular weight excluding hydrogens is 318 g/mol. The lowest BCUT2D eigenvalue weighted by Crippen LogP contribution is -2.35. The lowest BCUT2D eigenvalue weighted by atomic mass is 10.1. The molecule has 3 rings (SSSR count). The van der Waals surface area contributed by atoms with Crippen LogP contribution in [0.25, 0.3) is 0 Å². The third-order valence-electron chi connectivity index (χ3n) is 4.51. The number of aromatic nitrogens is 3. The Bertz CT molecular complexity index is 743. The summed E-state index contributed by atoms with van der Waals surface area (Å²) in [6.07, 6.45) is 6.51. The normalized spacial score (nSPS) is 17.1. The molecule has 1 saturated heterocycles. The van der Waals surface area contributed by atoms with E-state index in [-0.39, 0.29) is 24.2 Å². The molecule has 0 radical (unpaired) electrons. The highest BCUT2D eigenvalue weighted by Gasteiger charge is 2.35. The molecule has 1 unspecified atom stereocenters. The van der Waals surface area contributed by atoms with Gasteiger partial charge >= 0.3 is 0 Å². The monoisotopic (exact) mass is 341 g/mol. The molecule has 7 heteroatoms. The highest BCUT2D eigenvalue weighted by atomic mass is 16.2. The van der Waals surface area contributed by atoms with Crippen molar-refractivity contribution in [2.75, 3.05) is 20.1 Å². The van der Waals surface area contributed by atoms with E-state index in [9.17, 15) is 9.59 Å². The van der Waals surface area contributed by atoms with Gasteiger partial charge in [0.15, 0.2) is 0 Å². The molecule has 1 aliphatic heterocycles.